The number of carbonyl (C=O) groups excluding carboxylic acids is 1. The van der Waals surface area contributed by atoms with E-state index in [1.165, 1.54) is 7.11 Å². The van der Waals surface area contributed by atoms with E-state index < -0.39 is 0 Å². The normalized spacial score (nSPS) is 18.7. The maximum atomic E-state index is 11.3. The molecule has 1 N–H and O–H groups in total. The van der Waals surface area contributed by atoms with Crippen LogP contribution in [0.1, 0.15) is 35.8 Å². The van der Waals surface area contributed by atoms with Crippen LogP contribution in [0, 0.1) is 0 Å². The molecule has 1 aliphatic rings. The van der Waals surface area contributed by atoms with Gasteiger partial charge in [0, 0.05) is 17.3 Å². The second kappa shape index (κ2) is 4.84. The summed E-state index contributed by atoms with van der Waals surface area (Å²) >= 11 is 0. The predicted molar refractivity (Wildman–Crippen MR) is 65.0 cm³/mol. The molecule has 0 spiro atoms. The Morgan fingerprint density at radius 1 is 1.41 bits per heavy atom. The summed E-state index contributed by atoms with van der Waals surface area (Å²) in [7, 11) is 1.38. The van der Waals surface area contributed by atoms with E-state index in [4.69, 9.17) is 0 Å². The molecule has 0 aromatic carbocycles. The maximum Gasteiger partial charge on any atom is 0.339 e. The number of carbonyl (C=O) groups is 1. The van der Waals surface area contributed by atoms with Gasteiger partial charge in [-0.25, -0.2) is 4.79 Å². The molecule has 0 radical (unpaired) electrons. The van der Waals surface area contributed by atoms with Crippen LogP contribution in [0.25, 0.3) is 0 Å². The molecular weight excluding hydrogens is 216 g/mol. The van der Waals surface area contributed by atoms with Crippen molar-refractivity contribution in [1.29, 1.82) is 0 Å². The number of methoxy groups -OCH3 is 1. The first-order chi connectivity index (χ1) is 8.15. The standard InChI is InChI=1S/C13H18N2O2/c1-13(5-7-14-8-6-13)11-4-3-10(9-15-11)12(16)17-2/h3-4,9,14H,5-8H2,1-2H3. The van der Waals surface area contributed by atoms with Gasteiger partial charge in [0.1, 0.15) is 0 Å². The van der Waals surface area contributed by atoms with Crippen molar-refractivity contribution in [2.45, 2.75) is 25.2 Å². The van der Waals surface area contributed by atoms with E-state index in [0.717, 1.165) is 31.6 Å². The molecule has 1 aromatic rings. The highest BCUT2D eigenvalue weighted by molar-refractivity contribution is 5.88. The summed E-state index contributed by atoms with van der Waals surface area (Å²) in [5.74, 6) is -0.334. The summed E-state index contributed by atoms with van der Waals surface area (Å²) < 4.78 is 4.66. The number of ether oxygens (including phenoxy) is 1. The van der Waals surface area contributed by atoms with Crippen LogP contribution in [0.4, 0.5) is 0 Å². The van der Waals surface area contributed by atoms with Gasteiger partial charge in [0.15, 0.2) is 0 Å². The lowest BCUT2D eigenvalue weighted by atomic mass is 9.78. The van der Waals surface area contributed by atoms with Gasteiger partial charge >= 0.3 is 5.97 Å². The van der Waals surface area contributed by atoms with Crippen molar-refractivity contribution in [3.8, 4) is 0 Å². The van der Waals surface area contributed by atoms with Crippen molar-refractivity contribution in [3.63, 3.8) is 0 Å². The minimum absolute atomic E-state index is 0.125. The average molecular weight is 234 g/mol. The Kier molecular flexibility index (Phi) is 3.43. The second-order valence-electron chi connectivity index (χ2n) is 4.73. The Morgan fingerprint density at radius 2 is 2.12 bits per heavy atom. The largest absolute Gasteiger partial charge is 0.465 e. The fourth-order valence-electron chi connectivity index (χ4n) is 2.22. The Hall–Kier alpha value is -1.42. The molecule has 4 nitrogen and oxygen atoms in total. The van der Waals surface area contributed by atoms with Crippen molar-refractivity contribution in [2.75, 3.05) is 20.2 Å². The number of esters is 1. The Morgan fingerprint density at radius 3 is 2.65 bits per heavy atom. The molecule has 1 saturated heterocycles. The molecule has 0 atom stereocenters. The van der Waals surface area contributed by atoms with E-state index in [2.05, 4.69) is 22.0 Å². The molecule has 4 heteroatoms. The highest BCUT2D eigenvalue weighted by Crippen LogP contribution is 2.31. The van der Waals surface area contributed by atoms with Crippen molar-refractivity contribution in [2.24, 2.45) is 0 Å². The molecule has 92 valence electrons. The van der Waals surface area contributed by atoms with Crippen molar-refractivity contribution < 1.29 is 9.53 Å². The smallest absolute Gasteiger partial charge is 0.339 e. The molecule has 0 unspecified atom stereocenters. The number of hydrogen-bond donors (Lipinski definition) is 1. The number of piperidine rings is 1. The van der Waals surface area contributed by atoms with Gasteiger partial charge in [-0.2, -0.15) is 0 Å². The van der Waals surface area contributed by atoms with Crippen molar-refractivity contribution >= 4 is 5.97 Å². The topological polar surface area (TPSA) is 51.2 Å². The molecule has 1 aliphatic heterocycles. The molecule has 1 fully saturated rings. The lowest BCUT2D eigenvalue weighted by molar-refractivity contribution is 0.0600. The zero-order valence-corrected chi connectivity index (χ0v) is 10.3. The highest BCUT2D eigenvalue weighted by atomic mass is 16.5. The van der Waals surface area contributed by atoms with Gasteiger partial charge in [0.25, 0.3) is 0 Å². The number of nitrogens with zero attached hydrogens (tertiary/aromatic N) is 1. The summed E-state index contributed by atoms with van der Waals surface area (Å²) in [6.07, 6.45) is 3.77. The first-order valence-electron chi connectivity index (χ1n) is 5.91. The SMILES string of the molecule is COC(=O)c1ccc(C2(C)CCNCC2)nc1. The third-order valence-electron chi connectivity index (χ3n) is 3.51. The van der Waals surface area contributed by atoms with Crippen molar-refractivity contribution in [1.82, 2.24) is 10.3 Å². The molecule has 0 bridgehead atoms. The average Bonchev–Trinajstić information content (AvgIpc) is 2.39. The summed E-state index contributed by atoms with van der Waals surface area (Å²) in [6.45, 7) is 4.28. The van der Waals surface area contributed by atoms with E-state index in [9.17, 15) is 4.79 Å². The number of rotatable bonds is 2. The minimum Gasteiger partial charge on any atom is -0.465 e. The summed E-state index contributed by atoms with van der Waals surface area (Å²) in [4.78, 5) is 15.7. The molecule has 1 aromatic heterocycles. The fourth-order valence-corrected chi connectivity index (χ4v) is 2.22. The molecule has 0 aliphatic carbocycles. The van der Waals surface area contributed by atoms with Gasteiger partial charge in [-0.1, -0.05) is 6.92 Å². The maximum absolute atomic E-state index is 11.3. The zero-order chi connectivity index (χ0) is 12.3. The first kappa shape index (κ1) is 12.0. The summed E-state index contributed by atoms with van der Waals surface area (Å²) in [6, 6.07) is 3.74. The predicted octanol–water partition coefficient (Wildman–Crippen LogP) is 1.51. The van der Waals surface area contributed by atoms with Gasteiger partial charge in [-0.3, -0.25) is 4.98 Å². The fraction of sp³-hybridized carbons (Fsp3) is 0.538. The van der Waals surface area contributed by atoms with E-state index in [-0.39, 0.29) is 11.4 Å². The van der Waals surface area contributed by atoms with Crippen LogP contribution in [0.15, 0.2) is 18.3 Å². The van der Waals surface area contributed by atoms with Crippen LogP contribution in [0.3, 0.4) is 0 Å². The van der Waals surface area contributed by atoms with Gasteiger partial charge in [0.2, 0.25) is 0 Å². The molecule has 2 heterocycles. The Labute approximate surface area is 101 Å². The van der Waals surface area contributed by atoms with E-state index >= 15 is 0 Å². The van der Waals surface area contributed by atoms with E-state index in [1.807, 2.05) is 6.07 Å². The molecule has 0 amide bonds. The number of aromatic nitrogens is 1. The van der Waals surface area contributed by atoms with Crippen LogP contribution in [0.5, 0.6) is 0 Å². The number of hydrogen-bond acceptors (Lipinski definition) is 4. The van der Waals surface area contributed by atoms with Crippen LogP contribution in [0.2, 0.25) is 0 Å². The Balaban J connectivity index is 2.19. The van der Waals surface area contributed by atoms with Gasteiger partial charge in [-0.15, -0.1) is 0 Å². The first-order valence-corrected chi connectivity index (χ1v) is 5.91. The zero-order valence-electron chi connectivity index (χ0n) is 10.3. The summed E-state index contributed by atoms with van der Waals surface area (Å²) in [5, 5.41) is 3.35. The second-order valence-corrected chi connectivity index (χ2v) is 4.73. The third-order valence-corrected chi connectivity index (χ3v) is 3.51. The molecule has 2 rings (SSSR count). The summed E-state index contributed by atoms with van der Waals surface area (Å²) in [5.41, 5.74) is 1.69. The third kappa shape index (κ3) is 2.47. The van der Waals surface area contributed by atoms with Crippen LogP contribution < -0.4 is 5.32 Å². The van der Waals surface area contributed by atoms with Gasteiger partial charge < -0.3 is 10.1 Å². The van der Waals surface area contributed by atoms with Crippen LogP contribution >= 0.6 is 0 Å². The molecular formula is C13H18N2O2. The number of nitrogens with one attached hydrogen (secondary N) is 1. The number of pyridine rings is 1. The van der Waals surface area contributed by atoms with Gasteiger partial charge in [0.05, 0.1) is 12.7 Å². The van der Waals surface area contributed by atoms with Crippen LogP contribution in [-0.4, -0.2) is 31.2 Å². The lowest BCUT2D eigenvalue weighted by Crippen LogP contribution is -2.38. The van der Waals surface area contributed by atoms with Gasteiger partial charge in [-0.05, 0) is 38.1 Å². The van der Waals surface area contributed by atoms with Crippen molar-refractivity contribution in [3.05, 3.63) is 29.6 Å². The Bertz CT molecular complexity index is 394. The molecule has 17 heavy (non-hydrogen) atoms. The quantitative estimate of drug-likeness (QED) is 0.788. The highest BCUT2D eigenvalue weighted by Gasteiger charge is 2.29. The molecule has 0 saturated carbocycles. The minimum atomic E-state index is -0.334. The van der Waals surface area contributed by atoms with E-state index in [0.29, 0.717) is 5.56 Å². The van der Waals surface area contributed by atoms with Crippen LogP contribution in [-0.2, 0) is 10.2 Å². The monoisotopic (exact) mass is 234 g/mol. The van der Waals surface area contributed by atoms with E-state index in [1.54, 1.807) is 12.3 Å². The lowest BCUT2D eigenvalue weighted by Gasteiger charge is -2.33.